The molecule has 0 aliphatic heterocycles. The van der Waals surface area contributed by atoms with E-state index in [4.69, 9.17) is 13.2 Å². The van der Waals surface area contributed by atoms with E-state index in [1.54, 1.807) is 0 Å². The van der Waals surface area contributed by atoms with Crippen molar-refractivity contribution < 1.29 is 0 Å². The Morgan fingerprint density at radius 3 is 2.15 bits per heavy atom. The average Bonchev–Trinajstić information content (AvgIpc) is 2.82. The molecule has 3 aliphatic carbocycles. The Morgan fingerprint density at radius 2 is 1.56 bits per heavy atom. The average molecular weight is 515 g/mol. The summed E-state index contributed by atoms with van der Waals surface area (Å²) in [5.41, 5.74) is 17.9. The number of hydrogen-bond acceptors (Lipinski definition) is 0. The van der Waals surface area contributed by atoms with Gasteiger partial charge in [0.05, 0.1) is 0 Å². The molecule has 0 nitrogen and oxygen atoms in total. The standard InChI is InChI=1S/C39H46/c1-22(2)34-26(6)21-37(11)30(10)38(12)33(20-31-18-23(3)17-24(4)19-31)32-16-14-15-25(5)35(32)27(7)36(38)29(9)39(37,13)28(34)8/h14-20,30H,1,7-8,21H2,2-6,9-13H3/b33-20+/t30?,37-,38-,39+/m0/s1. The van der Waals surface area contributed by atoms with Crippen LogP contribution in [0.25, 0.3) is 17.2 Å². The normalized spacial score (nSPS) is 31.3. The highest BCUT2D eigenvalue weighted by Gasteiger charge is 2.64. The van der Waals surface area contributed by atoms with E-state index in [0.29, 0.717) is 5.92 Å². The highest BCUT2D eigenvalue weighted by atomic mass is 14.7. The maximum absolute atomic E-state index is 4.84. The van der Waals surface area contributed by atoms with Gasteiger partial charge in [0.1, 0.15) is 0 Å². The Balaban J connectivity index is 1.92. The lowest BCUT2D eigenvalue weighted by Gasteiger charge is -2.66. The summed E-state index contributed by atoms with van der Waals surface area (Å²) in [5, 5.41) is 0. The van der Waals surface area contributed by atoms with Gasteiger partial charge in [-0.25, -0.2) is 0 Å². The van der Waals surface area contributed by atoms with Gasteiger partial charge in [-0.05, 0) is 109 Å². The lowest BCUT2D eigenvalue weighted by molar-refractivity contribution is 0.00638. The predicted molar refractivity (Wildman–Crippen MR) is 171 cm³/mol. The number of aryl methyl sites for hydroxylation is 3. The van der Waals surface area contributed by atoms with Crippen molar-refractivity contribution in [2.45, 2.75) is 75.7 Å². The van der Waals surface area contributed by atoms with Crippen molar-refractivity contribution in [2.75, 3.05) is 0 Å². The van der Waals surface area contributed by atoms with E-state index < -0.39 is 0 Å². The van der Waals surface area contributed by atoms with Crippen molar-refractivity contribution in [1.29, 1.82) is 0 Å². The molecule has 39 heavy (non-hydrogen) atoms. The molecule has 2 aromatic rings. The van der Waals surface area contributed by atoms with Crippen LogP contribution in [0.4, 0.5) is 0 Å². The fraction of sp³-hybridized carbons (Fsp3) is 0.385. The van der Waals surface area contributed by atoms with E-state index in [2.05, 4.69) is 118 Å². The van der Waals surface area contributed by atoms with Crippen molar-refractivity contribution in [3.05, 3.63) is 123 Å². The van der Waals surface area contributed by atoms with Crippen molar-refractivity contribution in [1.82, 2.24) is 0 Å². The lowest BCUT2D eigenvalue weighted by Crippen LogP contribution is -2.57. The van der Waals surface area contributed by atoms with Gasteiger partial charge in [0.15, 0.2) is 0 Å². The number of fused-ring (bicyclic) bond motifs is 3. The second-order valence-corrected chi connectivity index (χ2v) is 13.5. The molecule has 4 atom stereocenters. The first-order valence-corrected chi connectivity index (χ1v) is 14.5. The Labute approximate surface area is 237 Å². The van der Waals surface area contributed by atoms with Gasteiger partial charge in [0.2, 0.25) is 0 Å². The summed E-state index contributed by atoms with van der Waals surface area (Å²) in [6.45, 7) is 37.5. The van der Waals surface area contributed by atoms with Crippen LogP contribution >= 0.6 is 0 Å². The van der Waals surface area contributed by atoms with Gasteiger partial charge < -0.3 is 0 Å². The number of benzene rings is 2. The van der Waals surface area contributed by atoms with Crippen LogP contribution in [0.5, 0.6) is 0 Å². The van der Waals surface area contributed by atoms with Gasteiger partial charge in [0.25, 0.3) is 0 Å². The summed E-state index contributed by atoms with van der Waals surface area (Å²) in [6, 6.07) is 13.7. The van der Waals surface area contributed by atoms with Crippen LogP contribution in [0.3, 0.4) is 0 Å². The van der Waals surface area contributed by atoms with Crippen LogP contribution in [0.1, 0.15) is 88.3 Å². The molecule has 0 aromatic heterocycles. The first-order chi connectivity index (χ1) is 18.1. The molecule has 0 spiro atoms. The number of rotatable bonds is 2. The van der Waals surface area contributed by atoms with Gasteiger partial charge in [-0.1, -0.05) is 118 Å². The van der Waals surface area contributed by atoms with E-state index >= 15 is 0 Å². The third-order valence-electron chi connectivity index (χ3n) is 11.3. The molecule has 0 bridgehead atoms. The molecular formula is C39H46. The van der Waals surface area contributed by atoms with Gasteiger partial charge in [0, 0.05) is 10.8 Å². The maximum Gasteiger partial charge on any atom is 0.0218 e. The Morgan fingerprint density at radius 1 is 0.949 bits per heavy atom. The van der Waals surface area contributed by atoms with E-state index in [1.165, 1.54) is 72.4 Å². The molecule has 0 saturated heterocycles. The van der Waals surface area contributed by atoms with Crippen molar-refractivity contribution >= 4 is 17.2 Å². The zero-order chi connectivity index (χ0) is 28.8. The number of hydrogen-bond donors (Lipinski definition) is 0. The molecule has 0 radical (unpaired) electrons. The van der Waals surface area contributed by atoms with Crippen LogP contribution in [-0.2, 0) is 0 Å². The van der Waals surface area contributed by atoms with Crippen LogP contribution in [-0.4, -0.2) is 0 Å². The molecule has 0 heteroatoms. The fourth-order valence-corrected chi connectivity index (χ4v) is 9.12. The molecule has 5 rings (SSSR count). The summed E-state index contributed by atoms with van der Waals surface area (Å²) in [7, 11) is 0. The van der Waals surface area contributed by atoms with Gasteiger partial charge in [-0.3, -0.25) is 0 Å². The summed E-state index contributed by atoms with van der Waals surface area (Å²) in [4.78, 5) is 0. The quantitative estimate of drug-likeness (QED) is 0.374. The lowest BCUT2D eigenvalue weighted by atomic mass is 9.37. The van der Waals surface area contributed by atoms with Gasteiger partial charge >= 0.3 is 0 Å². The summed E-state index contributed by atoms with van der Waals surface area (Å²) in [6.07, 6.45) is 3.52. The summed E-state index contributed by atoms with van der Waals surface area (Å²) in [5.74, 6) is 0.342. The van der Waals surface area contributed by atoms with Crippen LogP contribution in [0, 0.1) is 42.9 Å². The molecule has 3 aliphatic rings. The maximum atomic E-state index is 4.84. The highest BCUT2D eigenvalue weighted by Crippen LogP contribution is 2.74. The molecule has 0 heterocycles. The van der Waals surface area contributed by atoms with Crippen molar-refractivity contribution in [3.63, 3.8) is 0 Å². The monoisotopic (exact) mass is 514 g/mol. The van der Waals surface area contributed by atoms with Crippen LogP contribution in [0.2, 0.25) is 0 Å². The van der Waals surface area contributed by atoms with Crippen LogP contribution in [0.15, 0.2) is 89.6 Å². The second-order valence-electron chi connectivity index (χ2n) is 13.5. The third-order valence-corrected chi connectivity index (χ3v) is 11.3. The minimum atomic E-state index is -0.199. The molecule has 0 N–H and O–H groups in total. The van der Waals surface area contributed by atoms with E-state index in [0.717, 1.165) is 12.0 Å². The predicted octanol–water partition coefficient (Wildman–Crippen LogP) is 11.0. The fourth-order valence-electron chi connectivity index (χ4n) is 9.12. The third kappa shape index (κ3) is 3.43. The largest absolute Gasteiger partial charge is 0.0955 e. The number of allylic oxidation sites excluding steroid dienone is 8. The van der Waals surface area contributed by atoms with Crippen molar-refractivity contribution in [2.24, 2.45) is 22.2 Å². The minimum Gasteiger partial charge on any atom is -0.0955 e. The smallest absolute Gasteiger partial charge is 0.0218 e. The Kier molecular flexibility index (Phi) is 6.12. The highest BCUT2D eigenvalue weighted by molar-refractivity contribution is 6.02. The minimum absolute atomic E-state index is 0.0152. The van der Waals surface area contributed by atoms with Crippen molar-refractivity contribution in [3.8, 4) is 0 Å². The summed E-state index contributed by atoms with van der Waals surface area (Å²) < 4.78 is 0. The first-order valence-electron chi connectivity index (χ1n) is 14.5. The topological polar surface area (TPSA) is 0 Å². The van der Waals surface area contributed by atoms with Gasteiger partial charge in [-0.15, -0.1) is 0 Å². The molecule has 0 amide bonds. The molecule has 1 unspecified atom stereocenters. The second kappa shape index (κ2) is 8.69. The first kappa shape index (κ1) is 27.4. The molecule has 202 valence electrons. The molecule has 2 aromatic carbocycles. The Hall–Kier alpha value is -3.12. The zero-order valence-corrected chi connectivity index (χ0v) is 25.9. The molecule has 0 fully saturated rings. The van der Waals surface area contributed by atoms with Gasteiger partial charge in [-0.2, -0.15) is 0 Å². The van der Waals surface area contributed by atoms with Crippen LogP contribution < -0.4 is 0 Å². The Bertz CT molecular complexity index is 1560. The molecule has 0 saturated carbocycles. The SMILES string of the molecule is C=C(C)C1=C(C)C[C@@]2(C)C(C)[C@]3(C)C(=C(C)[C@@]2(C)C1=C)C(=C)c1c(C)cccc1/C3=C\c1cc(C)cc(C)c1. The van der Waals surface area contributed by atoms with E-state index in [9.17, 15) is 0 Å². The van der Waals surface area contributed by atoms with E-state index in [1.807, 2.05) is 0 Å². The van der Waals surface area contributed by atoms with E-state index in [-0.39, 0.29) is 16.2 Å². The molecular weight excluding hydrogens is 468 g/mol. The summed E-state index contributed by atoms with van der Waals surface area (Å²) >= 11 is 0. The zero-order valence-electron chi connectivity index (χ0n) is 25.9.